The number of hydrogen-bond acceptors (Lipinski definition) is 6. The van der Waals surface area contributed by atoms with Gasteiger partial charge in [-0.2, -0.15) is 0 Å². The molecule has 202 valence electrons. The summed E-state index contributed by atoms with van der Waals surface area (Å²) in [6, 6.07) is 23.2. The zero-order valence-electron chi connectivity index (χ0n) is 22.9. The molecule has 2 heterocycles. The van der Waals surface area contributed by atoms with Gasteiger partial charge < -0.3 is 19.0 Å². The van der Waals surface area contributed by atoms with Crippen molar-refractivity contribution in [3.63, 3.8) is 0 Å². The highest BCUT2D eigenvalue weighted by Crippen LogP contribution is 2.32. The molecule has 0 saturated carbocycles. The van der Waals surface area contributed by atoms with Gasteiger partial charge in [0.1, 0.15) is 11.5 Å². The van der Waals surface area contributed by atoms with Crippen molar-refractivity contribution < 1.29 is 13.9 Å². The van der Waals surface area contributed by atoms with Crippen LogP contribution in [0.25, 0.3) is 22.3 Å². The van der Waals surface area contributed by atoms with Crippen LogP contribution in [0.15, 0.2) is 82.0 Å². The van der Waals surface area contributed by atoms with Gasteiger partial charge in [-0.1, -0.05) is 48.5 Å². The smallest absolute Gasteiger partial charge is 0.223 e. The van der Waals surface area contributed by atoms with Gasteiger partial charge in [-0.3, -0.25) is 14.5 Å². The summed E-state index contributed by atoms with van der Waals surface area (Å²) in [6.45, 7) is 8.51. The van der Waals surface area contributed by atoms with Crippen LogP contribution < -0.4 is 20.0 Å². The molecule has 1 aliphatic rings. The third-order valence-electron chi connectivity index (χ3n) is 7.49. The molecular weight excluding hydrogens is 490 g/mol. The van der Waals surface area contributed by atoms with Crippen molar-refractivity contribution in [3.05, 3.63) is 88.6 Å². The average molecular weight is 526 g/mol. The van der Waals surface area contributed by atoms with Crippen LogP contribution in [0.1, 0.15) is 18.9 Å². The van der Waals surface area contributed by atoms with Crippen molar-refractivity contribution >= 4 is 28.3 Å². The van der Waals surface area contributed by atoms with Crippen LogP contribution in [-0.4, -0.2) is 57.2 Å². The van der Waals surface area contributed by atoms with E-state index < -0.39 is 0 Å². The minimum atomic E-state index is -0.0759. The Hall–Kier alpha value is -4.10. The standard InChI is InChI=1S/C32H35N3O4/c1-23-30(37)26-13-9-15-28(32(26)39-31(23)25-11-5-4-6-12-25)35(24(2)36)18-10-17-33-19-21-34(22-20-33)27-14-7-8-16-29(27)38-3/h4-9,11-16H,10,17-22H2,1-3H3. The number of rotatable bonds is 8. The number of carbonyl (C=O) groups is 1. The molecule has 4 aromatic rings. The van der Waals surface area contributed by atoms with Crippen LogP contribution in [0.5, 0.6) is 5.75 Å². The van der Waals surface area contributed by atoms with Crippen molar-refractivity contribution in [2.45, 2.75) is 20.3 Å². The number of hydrogen-bond donors (Lipinski definition) is 0. The second-order valence-electron chi connectivity index (χ2n) is 9.93. The predicted molar refractivity (Wildman–Crippen MR) is 157 cm³/mol. The number of amides is 1. The maximum absolute atomic E-state index is 13.3. The Morgan fingerprint density at radius 2 is 1.67 bits per heavy atom. The van der Waals surface area contributed by atoms with Crippen LogP contribution in [0.2, 0.25) is 0 Å². The fourth-order valence-corrected chi connectivity index (χ4v) is 5.38. The normalized spacial score (nSPS) is 14.0. The van der Waals surface area contributed by atoms with E-state index in [4.69, 9.17) is 9.15 Å². The lowest BCUT2D eigenvalue weighted by Crippen LogP contribution is -2.47. The molecule has 0 aliphatic carbocycles. The molecule has 3 aromatic carbocycles. The van der Waals surface area contributed by atoms with Crippen molar-refractivity contribution in [2.24, 2.45) is 0 Å². The summed E-state index contributed by atoms with van der Waals surface area (Å²) < 4.78 is 11.9. The number of para-hydroxylation sites is 3. The van der Waals surface area contributed by atoms with Crippen molar-refractivity contribution in [1.29, 1.82) is 0 Å². The molecule has 0 N–H and O–H groups in total. The average Bonchev–Trinajstić information content (AvgIpc) is 2.97. The summed E-state index contributed by atoms with van der Waals surface area (Å²) >= 11 is 0. The van der Waals surface area contributed by atoms with Gasteiger partial charge >= 0.3 is 0 Å². The molecule has 0 radical (unpaired) electrons. The van der Waals surface area contributed by atoms with Gasteiger partial charge in [0.2, 0.25) is 5.91 Å². The van der Waals surface area contributed by atoms with E-state index in [1.165, 1.54) is 0 Å². The topological polar surface area (TPSA) is 66.2 Å². The monoisotopic (exact) mass is 525 g/mol. The maximum Gasteiger partial charge on any atom is 0.223 e. The number of methoxy groups -OCH3 is 1. The maximum atomic E-state index is 13.3. The Morgan fingerprint density at radius 1 is 0.949 bits per heavy atom. The summed E-state index contributed by atoms with van der Waals surface area (Å²) in [6.07, 6.45) is 0.812. The molecule has 1 fully saturated rings. The van der Waals surface area contributed by atoms with E-state index in [0.29, 0.717) is 34.5 Å². The molecule has 1 aromatic heterocycles. The third kappa shape index (κ3) is 5.54. The van der Waals surface area contributed by atoms with Crippen LogP contribution in [0, 0.1) is 6.92 Å². The van der Waals surface area contributed by atoms with E-state index in [1.54, 1.807) is 31.9 Å². The highest BCUT2D eigenvalue weighted by atomic mass is 16.5. The zero-order valence-corrected chi connectivity index (χ0v) is 22.9. The Bertz CT molecular complexity index is 1510. The largest absolute Gasteiger partial charge is 0.495 e. The molecular formula is C32H35N3O4. The van der Waals surface area contributed by atoms with E-state index in [9.17, 15) is 9.59 Å². The lowest BCUT2D eigenvalue weighted by molar-refractivity contribution is -0.116. The van der Waals surface area contributed by atoms with Crippen molar-refractivity contribution in [3.8, 4) is 17.1 Å². The number of nitrogens with zero attached hydrogens (tertiary/aromatic N) is 3. The van der Waals surface area contributed by atoms with Gasteiger partial charge in [0, 0.05) is 50.8 Å². The second-order valence-corrected chi connectivity index (χ2v) is 9.93. The fraction of sp³-hybridized carbons (Fsp3) is 0.312. The van der Waals surface area contributed by atoms with E-state index in [2.05, 4.69) is 15.9 Å². The number of ether oxygens (including phenoxy) is 1. The third-order valence-corrected chi connectivity index (χ3v) is 7.49. The molecule has 0 spiro atoms. The molecule has 39 heavy (non-hydrogen) atoms. The predicted octanol–water partition coefficient (Wildman–Crippen LogP) is 5.34. The van der Waals surface area contributed by atoms with Gasteiger partial charge in [-0.05, 0) is 44.2 Å². The minimum Gasteiger partial charge on any atom is -0.495 e. The van der Waals surface area contributed by atoms with Crippen molar-refractivity contribution in [2.75, 3.05) is 56.2 Å². The van der Waals surface area contributed by atoms with Crippen molar-refractivity contribution in [1.82, 2.24) is 4.90 Å². The first kappa shape index (κ1) is 26.5. The molecule has 0 unspecified atom stereocenters. The fourth-order valence-electron chi connectivity index (χ4n) is 5.38. The van der Waals surface area contributed by atoms with Crippen LogP contribution in [-0.2, 0) is 4.79 Å². The number of piperazine rings is 1. The number of fused-ring (bicyclic) bond motifs is 1. The Balaban J connectivity index is 1.30. The van der Waals surface area contributed by atoms with Gasteiger partial charge in [-0.25, -0.2) is 0 Å². The summed E-state index contributed by atoms with van der Waals surface area (Å²) in [5.41, 5.74) is 3.54. The summed E-state index contributed by atoms with van der Waals surface area (Å²) in [7, 11) is 1.71. The van der Waals surface area contributed by atoms with Crippen LogP contribution in [0.3, 0.4) is 0 Å². The Labute approximate surface area is 229 Å². The molecule has 1 saturated heterocycles. The van der Waals surface area contributed by atoms with E-state index in [0.717, 1.165) is 56.1 Å². The quantitative estimate of drug-likeness (QED) is 0.309. The minimum absolute atomic E-state index is 0.0756. The number of anilines is 2. The molecule has 1 aliphatic heterocycles. The van der Waals surface area contributed by atoms with E-state index in [1.807, 2.05) is 60.7 Å². The van der Waals surface area contributed by atoms with Gasteiger partial charge in [-0.15, -0.1) is 0 Å². The van der Waals surface area contributed by atoms with E-state index >= 15 is 0 Å². The Morgan fingerprint density at radius 3 is 2.38 bits per heavy atom. The molecule has 0 atom stereocenters. The Kier molecular flexibility index (Phi) is 7.98. The molecule has 7 heteroatoms. The summed E-state index contributed by atoms with van der Waals surface area (Å²) in [5.74, 6) is 1.36. The van der Waals surface area contributed by atoms with Gasteiger partial charge in [0.15, 0.2) is 11.0 Å². The highest BCUT2D eigenvalue weighted by Gasteiger charge is 2.22. The number of carbonyl (C=O) groups excluding carboxylic acids is 1. The first-order chi connectivity index (χ1) is 19.0. The summed E-state index contributed by atoms with van der Waals surface area (Å²) in [4.78, 5) is 32.6. The molecule has 5 rings (SSSR count). The SMILES string of the molecule is COc1ccccc1N1CCN(CCCN(C(C)=O)c2cccc3c(=O)c(C)c(-c4ccccc4)oc23)CC1. The van der Waals surface area contributed by atoms with Gasteiger partial charge in [0.25, 0.3) is 0 Å². The zero-order chi connectivity index (χ0) is 27.4. The highest BCUT2D eigenvalue weighted by molar-refractivity contribution is 6.00. The first-order valence-corrected chi connectivity index (χ1v) is 13.5. The summed E-state index contributed by atoms with van der Waals surface area (Å²) in [5, 5.41) is 0.489. The molecule has 7 nitrogen and oxygen atoms in total. The molecule has 1 amide bonds. The van der Waals surface area contributed by atoms with Gasteiger partial charge in [0.05, 0.1) is 23.9 Å². The number of benzene rings is 3. The lowest BCUT2D eigenvalue weighted by Gasteiger charge is -2.37. The lowest BCUT2D eigenvalue weighted by atomic mass is 10.0. The first-order valence-electron chi connectivity index (χ1n) is 13.5. The van der Waals surface area contributed by atoms with E-state index in [-0.39, 0.29) is 11.3 Å². The second kappa shape index (κ2) is 11.7. The van der Waals surface area contributed by atoms with Crippen LogP contribution >= 0.6 is 0 Å². The van der Waals surface area contributed by atoms with Crippen LogP contribution in [0.4, 0.5) is 11.4 Å². The molecule has 0 bridgehead atoms.